The zero-order chi connectivity index (χ0) is 13.0. The molecule has 0 spiro atoms. The van der Waals surface area contributed by atoms with Gasteiger partial charge in [0.25, 0.3) is 5.91 Å². The lowest BCUT2D eigenvalue weighted by Gasteiger charge is -2.22. The van der Waals surface area contributed by atoms with Crippen LogP contribution in [-0.4, -0.2) is 25.5 Å². The smallest absolute Gasteiger partial charge is 0.251 e. The van der Waals surface area contributed by atoms with E-state index in [4.69, 9.17) is 0 Å². The van der Waals surface area contributed by atoms with Crippen molar-refractivity contribution in [1.29, 1.82) is 0 Å². The van der Waals surface area contributed by atoms with Crippen LogP contribution in [0, 0.1) is 19.8 Å². The third-order valence-corrected chi connectivity index (χ3v) is 3.78. The molecule has 0 aromatic heterocycles. The molecule has 2 N–H and O–H groups in total. The van der Waals surface area contributed by atoms with E-state index >= 15 is 0 Å². The Kier molecular flexibility index (Phi) is 4.37. The Hall–Kier alpha value is -1.35. The van der Waals surface area contributed by atoms with Crippen LogP contribution in [0.3, 0.4) is 0 Å². The highest BCUT2D eigenvalue weighted by atomic mass is 16.1. The summed E-state index contributed by atoms with van der Waals surface area (Å²) < 4.78 is 0. The van der Waals surface area contributed by atoms with Crippen molar-refractivity contribution in [2.75, 3.05) is 19.6 Å². The van der Waals surface area contributed by atoms with Gasteiger partial charge in [-0.1, -0.05) is 6.07 Å². The molecule has 1 saturated heterocycles. The van der Waals surface area contributed by atoms with Crippen LogP contribution in [0.5, 0.6) is 0 Å². The standard InChI is InChI=1S/C15H22N2O/c1-11-3-4-14(9-12(11)2)15(18)17-10-13-5-7-16-8-6-13/h3-4,9,13,16H,5-8,10H2,1-2H3,(H,17,18). The molecule has 0 bridgehead atoms. The van der Waals surface area contributed by atoms with E-state index < -0.39 is 0 Å². The normalized spacial score (nSPS) is 16.6. The number of hydrogen-bond acceptors (Lipinski definition) is 2. The first-order valence-corrected chi connectivity index (χ1v) is 6.73. The molecule has 0 unspecified atom stereocenters. The molecule has 1 aromatic carbocycles. The number of benzene rings is 1. The predicted molar refractivity (Wildman–Crippen MR) is 73.8 cm³/mol. The van der Waals surface area contributed by atoms with Gasteiger partial charge in [0.15, 0.2) is 0 Å². The largest absolute Gasteiger partial charge is 0.352 e. The summed E-state index contributed by atoms with van der Waals surface area (Å²) in [6.45, 7) is 7.05. The Morgan fingerprint density at radius 3 is 2.67 bits per heavy atom. The van der Waals surface area contributed by atoms with Crippen LogP contribution in [0.15, 0.2) is 18.2 Å². The third-order valence-electron chi connectivity index (χ3n) is 3.78. The zero-order valence-corrected chi connectivity index (χ0v) is 11.3. The minimum Gasteiger partial charge on any atom is -0.352 e. The van der Waals surface area contributed by atoms with Gasteiger partial charge in [-0.3, -0.25) is 4.79 Å². The van der Waals surface area contributed by atoms with Gasteiger partial charge in [-0.15, -0.1) is 0 Å². The van der Waals surface area contributed by atoms with Gasteiger partial charge in [0.05, 0.1) is 0 Å². The van der Waals surface area contributed by atoms with Crippen molar-refractivity contribution < 1.29 is 4.79 Å². The SMILES string of the molecule is Cc1ccc(C(=O)NCC2CCNCC2)cc1C. The average molecular weight is 246 g/mol. The van der Waals surface area contributed by atoms with Crippen molar-refractivity contribution in [1.82, 2.24) is 10.6 Å². The molecule has 0 saturated carbocycles. The maximum atomic E-state index is 12.0. The van der Waals surface area contributed by atoms with Gasteiger partial charge in [0.2, 0.25) is 0 Å². The number of carbonyl (C=O) groups excluding carboxylic acids is 1. The minimum atomic E-state index is 0.0524. The van der Waals surface area contributed by atoms with Crippen molar-refractivity contribution in [2.45, 2.75) is 26.7 Å². The summed E-state index contributed by atoms with van der Waals surface area (Å²) in [6, 6.07) is 5.88. The number of amides is 1. The summed E-state index contributed by atoms with van der Waals surface area (Å²) in [5.74, 6) is 0.679. The summed E-state index contributed by atoms with van der Waals surface area (Å²) in [4.78, 5) is 12.0. The first-order valence-electron chi connectivity index (χ1n) is 6.73. The molecule has 1 fully saturated rings. The topological polar surface area (TPSA) is 41.1 Å². The molecule has 1 amide bonds. The first-order chi connectivity index (χ1) is 8.66. The number of carbonyl (C=O) groups is 1. The van der Waals surface area contributed by atoms with Crippen molar-refractivity contribution in [2.24, 2.45) is 5.92 Å². The predicted octanol–water partition coefficient (Wildman–Crippen LogP) is 2.03. The maximum Gasteiger partial charge on any atom is 0.251 e. The van der Waals surface area contributed by atoms with E-state index in [-0.39, 0.29) is 5.91 Å². The summed E-state index contributed by atoms with van der Waals surface area (Å²) in [6.07, 6.45) is 2.32. The number of nitrogens with one attached hydrogen (secondary N) is 2. The lowest BCUT2D eigenvalue weighted by Crippen LogP contribution is -2.36. The molecule has 0 radical (unpaired) electrons. The van der Waals surface area contributed by atoms with Crippen LogP contribution in [0.25, 0.3) is 0 Å². The highest BCUT2D eigenvalue weighted by molar-refractivity contribution is 5.94. The Bertz CT molecular complexity index is 423. The van der Waals surface area contributed by atoms with Gasteiger partial charge < -0.3 is 10.6 Å². The van der Waals surface area contributed by atoms with Crippen LogP contribution >= 0.6 is 0 Å². The van der Waals surface area contributed by atoms with Crippen LogP contribution in [0.1, 0.15) is 34.3 Å². The molecule has 1 aliphatic heterocycles. The van der Waals surface area contributed by atoms with Gasteiger partial charge in [-0.2, -0.15) is 0 Å². The zero-order valence-electron chi connectivity index (χ0n) is 11.3. The van der Waals surface area contributed by atoms with Gasteiger partial charge in [0.1, 0.15) is 0 Å². The number of piperidine rings is 1. The summed E-state index contributed by atoms with van der Waals surface area (Å²) in [5, 5.41) is 6.38. The Morgan fingerprint density at radius 2 is 2.00 bits per heavy atom. The van der Waals surface area contributed by atoms with Gasteiger partial charge in [-0.25, -0.2) is 0 Å². The fraction of sp³-hybridized carbons (Fsp3) is 0.533. The second-order valence-corrected chi connectivity index (χ2v) is 5.20. The molecule has 0 aliphatic carbocycles. The molecule has 1 aromatic rings. The molecular weight excluding hydrogens is 224 g/mol. The molecule has 3 nitrogen and oxygen atoms in total. The van der Waals surface area contributed by atoms with Crippen molar-refractivity contribution in [3.8, 4) is 0 Å². The highest BCUT2D eigenvalue weighted by Crippen LogP contribution is 2.12. The van der Waals surface area contributed by atoms with E-state index in [9.17, 15) is 4.79 Å². The van der Waals surface area contributed by atoms with E-state index in [2.05, 4.69) is 17.6 Å². The first kappa shape index (κ1) is 13.1. The molecule has 2 rings (SSSR count). The van der Waals surface area contributed by atoms with E-state index in [0.29, 0.717) is 5.92 Å². The van der Waals surface area contributed by atoms with Crippen LogP contribution in [0.2, 0.25) is 0 Å². The monoisotopic (exact) mass is 246 g/mol. The van der Waals surface area contributed by atoms with Gasteiger partial charge in [-0.05, 0) is 69.0 Å². The van der Waals surface area contributed by atoms with Gasteiger partial charge >= 0.3 is 0 Å². The molecule has 18 heavy (non-hydrogen) atoms. The van der Waals surface area contributed by atoms with Crippen molar-refractivity contribution >= 4 is 5.91 Å². The molecule has 3 heteroatoms. The lowest BCUT2D eigenvalue weighted by molar-refractivity contribution is 0.0944. The summed E-state index contributed by atoms with van der Waals surface area (Å²) >= 11 is 0. The Balaban J connectivity index is 1.88. The lowest BCUT2D eigenvalue weighted by atomic mass is 9.98. The van der Waals surface area contributed by atoms with E-state index in [1.54, 1.807) is 0 Å². The second-order valence-electron chi connectivity index (χ2n) is 5.20. The third kappa shape index (κ3) is 3.33. The number of hydrogen-bond donors (Lipinski definition) is 2. The minimum absolute atomic E-state index is 0.0524. The molecule has 1 aliphatic rings. The Labute approximate surface area is 109 Å². The molecular formula is C15H22N2O. The average Bonchev–Trinajstić information content (AvgIpc) is 2.40. The maximum absolute atomic E-state index is 12.0. The molecule has 0 atom stereocenters. The molecule has 98 valence electrons. The van der Waals surface area contributed by atoms with E-state index in [1.165, 1.54) is 11.1 Å². The highest BCUT2D eigenvalue weighted by Gasteiger charge is 2.14. The van der Waals surface area contributed by atoms with Crippen LogP contribution in [-0.2, 0) is 0 Å². The van der Waals surface area contributed by atoms with E-state index in [1.807, 2.05) is 25.1 Å². The second kappa shape index (κ2) is 6.01. The van der Waals surface area contributed by atoms with Crippen molar-refractivity contribution in [3.63, 3.8) is 0 Å². The fourth-order valence-corrected chi connectivity index (χ4v) is 2.31. The summed E-state index contributed by atoms with van der Waals surface area (Å²) in [5.41, 5.74) is 3.17. The molecule has 1 heterocycles. The summed E-state index contributed by atoms with van der Waals surface area (Å²) in [7, 11) is 0. The van der Waals surface area contributed by atoms with E-state index in [0.717, 1.165) is 38.0 Å². The fourth-order valence-electron chi connectivity index (χ4n) is 2.31. The van der Waals surface area contributed by atoms with Crippen molar-refractivity contribution in [3.05, 3.63) is 34.9 Å². The van der Waals surface area contributed by atoms with Gasteiger partial charge in [0, 0.05) is 12.1 Å². The number of aryl methyl sites for hydroxylation is 2. The number of rotatable bonds is 3. The quantitative estimate of drug-likeness (QED) is 0.857. The Morgan fingerprint density at radius 1 is 1.28 bits per heavy atom. The van der Waals surface area contributed by atoms with Crippen LogP contribution in [0.4, 0.5) is 0 Å². The van der Waals surface area contributed by atoms with Crippen LogP contribution < -0.4 is 10.6 Å².